The minimum atomic E-state index is 0.0105. The molecule has 15 heavy (non-hydrogen) atoms. The second kappa shape index (κ2) is 3.87. The number of hydrogen-bond acceptors (Lipinski definition) is 2. The molecule has 0 amide bonds. The van der Waals surface area contributed by atoms with Gasteiger partial charge in [0.2, 0.25) is 0 Å². The number of H-pyrrole nitrogens is 1. The van der Waals surface area contributed by atoms with Crippen LogP contribution in [-0.2, 0) is 0 Å². The summed E-state index contributed by atoms with van der Waals surface area (Å²) < 4.78 is 0. The first-order chi connectivity index (χ1) is 7.26. The van der Waals surface area contributed by atoms with Gasteiger partial charge in [-0.05, 0) is 18.2 Å². The first-order valence-electron chi connectivity index (χ1n) is 4.36. The minimum Gasteiger partial charge on any atom is -0.360 e. The van der Waals surface area contributed by atoms with Crippen LogP contribution in [0.3, 0.4) is 0 Å². The van der Waals surface area contributed by atoms with Crippen molar-refractivity contribution in [3.63, 3.8) is 0 Å². The third-order valence-electron chi connectivity index (χ3n) is 2.23. The number of hydrogen-bond donors (Lipinski definition) is 1. The highest BCUT2D eigenvalue weighted by molar-refractivity contribution is 9.09. The normalized spacial score (nSPS) is 10.1. The number of carbonyl (C=O) groups excluding carboxylic acids is 1. The Bertz CT molecular complexity index is 565. The number of aromatic amines is 1. The van der Waals surface area contributed by atoms with Gasteiger partial charge in [-0.2, -0.15) is 5.26 Å². The zero-order valence-corrected chi connectivity index (χ0v) is 9.34. The fraction of sp³-hybridized carbons (Fsp3) is 0.0909. The molecule has 0 fully saturated rings. The molecule has 1 aromatic heterocycles. The number of rotatable bonds is 2. The van der Waals surface area contributed by atoms with E-state index in [9.17, 15) is 4.79 Å². The van der Waals surface area contributed by atoms with E-state index >= 15 is 0 Å². The summed E-state index contributed by atoms with van der Waals surface area (Å²) in [5.41, 5.74) is 2.06. The van der Waals surface area contributed by atoms with E-state index in [0.717, 1.165) is 10.9 Å². The predicted octanol–water partition coefficient (Wildman–Crippen LogP) is 2.62. The van der Waals surface area contributed by atoms with Crippen molar-refractivity contribution in [2.24, 2.45) is 0 Å². The number of fused-ring (bicyclic) bond motifs is 1. The fourth-order valence-corrected chi connectivity index (χ4v) is 1.79. The summed E-state index contributed by atoms with van der Waals surface area (Å²) >= 11 is 3.13. The van der Waals surface area contributed by atoms with E-state index in [1.165, 1.54) is 0 Å². The van der Waals surface area contributed by atoms with E-state index in [1.54, 1.807) is 24.4 Å². The molecule has 0 spiro atoms. The van der Waals surface area contributed by atoms with Gasteiger partial charge < -0.3 is 4.98 Å². The molecule has 0 saturated heterocycles. The summed E-state index contributed by atoms with van der Waals surface area (Å²) in [4.78, 5) is 14.5. The van der Waals surface area contributed by atoms with Crippen LogP contribution in [-0.4, -0.2) is 16.1 Å². The standard InChI is InChI=1S/C11H7BrN2O/c12-4-11(15)9-6-14-10-2-1-7(5-13)3-8(9)10/h1-3,6,14H,4H2. The second-order valence-electron chi connectivity index (χ2n) is 3.13. The lowest BCUT2D eigenvalue weighted by molar-refractivity contribution is 0.102. The van der Waals surface area contributed by atoms with E-state index in [1.807, 2.05) is 0 Å². The van der Waals surface area contributed by atoms with Crippen molar-refractivity contribution in [3.05, 3.63) is 35.5 Å². The summed E-state index contributed by atoms with van der Waals surface area (Å²) in [6.45, 7) is 0. The number of ketones is 1. The number of Topliss-reactive ketones (excluding diaryl/α,β-unsaturated/α-hetero) is 1. The molecular formula is C11H7BrN2O. The third-order valence-corrected chi connectivity index (χ3v) is 2.74. The van der Waals surface area contributed by atoms with E-state index in [2.05, 4.69) is 27.0 Å². The Balaban J connectivity index is 2.67. The molecule has 4 heteroatoms. The van der Waals surface area contributed by atoms with Crippen molar-refractivity contribution < 1.29 is 4.79 Å². The van der Waals surface area contributed by atoms with Gasteiger partial charge in [-0.25, -0.2) is 0 Å². The van der Waals surface area contributed by atoms with Gasteiger partial charge in [-0.15, -0.1) is 0 Å². The van der Waals surface area contributed by atoms with Crippen LogP contribution in [0.1, 0.15) is 15.9 Å². The van der Waals surface area contributed by atoms with Crippen LogP contribution in [0.5, 0.6) is 0 Å². The van der Waals surface area contributed by atoms with Gasteiger partial charge in [0.15, 0.2) is 5.78 Å². The third kappa shape index (κ3) is 1.66. The maximum absolute atomic E-state index is 11.5. The molecule has 0 atom stereocenters. The Labute approximate surface area is 94.8 Å². The lowest BCUT2D eigenvalue weighted by atomic mass is 10.1. The Morgan fingerprint density at radius 3 is 3.00 bits per heavy atom. The van der Waals surface area contributed by atoms with E-state index < -0.39 is 0 Å². The van der Waals surface area contributed by atoms with Crippen molar-refractivity contribution in [1.82, 2.24) is 4.98 Å². The van der Waals surface area contributed by atoms with Crippen molar-refractivity contribution >= 4 is 32.6 Å². The molecule has 0 aliphatic heterocycles. The van der Waals surface area contributed by atoms with Crippen LogP contribution in [0.4, 0.5) is 0 Å². The van der Waals surface area contributed by atoms with Crippen molar-refractivity contribution in [3.8, 4) is 6.07 Å². The molecule has 0 aliphatic carbocycles. The zero-order valence-electron chi connectivity index (χ0n) is 7.75. The van der Waals surface area contributed by atoms with E-state index in [0.29, 0.717) is 11.1 Å². The van der Waals surface area contributed by atoms with Gasteiger partial charge in [0, 0.05) is 22.7 Å². The highest BCUT2D eigenvalue weighted by Crippen LogP contribution is 2.20. The Morgan fingerprint density at radius 1 is 1.53 bits per heavy atom. The SMILES string of the molecule is N#Cc1ccc2[nH]cc(C(=O)CBr)c2c1. The molecular weight excluding hydrogens is 256 g/mol. The molecule has 0 radical (unpaired) electrons. The summed E-state index contributed by atoms with van der Waals surface area (Å²) in [6.07, 6.45) is 1.68. The molecule has 74 valence electrons. The topological polar surface area (TPSA) is 56.6 Å². The highest BCUT2D eigenvalue weighted by Gasteiger charge is 2.10. The molecule has 2 aromatic rings. The van der Waals surface area contributed by atoms with Gasteiger partial charge in [0.05, 0.1) is 17.0 Å². The van der Waals surface area contributed by atoms with Crippen molar-refractivity contribution in [2.75, 3.05) is 5.33 Å². The van der Waals surface area contributed by atoms with Crippen LogP contribution in [0.2, 0.25) is 0 Å². The van der Waals surface area contributed by atoms with E-state index in [-0.39, 0.29) is 11.1 Å². The van der Waals surface area contributed by atoms with Crippen LogP contribution in [0, 0.1) is 11.3 Å². The molecule has 3 nitrogen and oxygen atoms in total. The van der Waals surface area contributed by atoms with Gasteiger partial charge in [0.25, 0.3) is 0 Å². The summed E-state index contributed by atoms with van der Waals surface area (Å²) in [6, 6.07) is 7.31. The maximum Gasteiger partial charge on any atom is 0.175 e. The number of carbonyl (C=O) groups is 1. The number of nitrogens with zero attached hydrogens (tertiary/aromatic N) is 1. The second-order valence-corrected chi connectivity index (χ2v) is 3.69. The molecule has 1 aromatic carbocycles. The summed E-state index contributed by atoms with van der Waals surface area (Å²) in [5, 5.41) is 9.86. The summed E-state index contributed by atoms with van der Waals surface area (Å²) in [7, 11) is 0. The molecule has 0 aliphatic rings. The Morgan fingerprint density at radius 2 is 2.33 bits per heavy atom. The van der Waals surface area contributed by atoms with Gasteiger partial charge >= 0.3 is 0 Å². The quantitative estimate of drug-likeness (QED) is 0.668. The number of benzene rings is 1. The number of aromatic nitrogens is 1. The monoisotopic (exact) mass is 262 g/mol. The predicted molar refractivity (Wildman–Crippen MR) is 61.1 cm³/mol. The largest absolute Gasteiger partial charge is 0.360 e. The number of nitrogens with one attached hydrogen (secondary N) is 1. The lowest BCUT2D eigenvalue weighted by Crippen LogP contribution is -1.97. The number of nitriles is 1. The first-order valence-corrected chi connectivity index (χ1v) is 5.49. The first kappa shape index (κ1) is 9.94. The molecule has 0 saturated carbocycles. The molecule has 1 heterocycles. The molecule has 1 N–H and O–H groups in total. The van der Waals surface area contributed by atoms with Crippen LogP contribution >= 0.6 is 15.9 Å². The van der Waals surface area contributed by atoms with Crippen molar-refractivity contribution in [2.45, 2.75) is 0 Å². The zero-order chi connectivity index (χ0) is 10.8. The highest BCUT2D eigenvalue weighted by atomic mass is 79.9. The van der Waals surface area contributed by atoms with Crippen LogP contribution in [0.25, 0.3) is 10.9 Å². The average Bonchev–Trinajstić information content (AvgIpc) is 2.70. The fourth-order valence-electron chi connectivity index (χ4n) is 1.49. The van der Waals surface area contributed by atoms with Crippen LogP contribution in [0.15, 0.2) is 24.4 Å². The van der Waals surface area contributed by atoms with Gasteiger partial charge in [0.1, 0.15) is 0 Å². The lowest BCUT2D eigenvalue weighted by Gasteiger charge is -1.95. The number of halogens is 1. The van der Waals surface area contributed by atoms with Gasteiger partial charge in [-0.3, -0.25) is 4.79 Å². The smallest absolute Gasteiger partial charge is 0.175 e. The molecule has 0 bridgehead atoms. The summed E-state index contributed by atoms with van der Waals surface area (Å²) in [5.74, 6) is 0.0105. The van der Waals surface area contributed by atoms with Gasteiger partial charge in [-0.1, -0.05) is 15.9 Å². The molecule has 2 rings (SSSR count). The van der Waals surface area contributed by atoms with E-state index in [4.69, 9.17) is 5.26 Å². The average molecular weight is 263 g/mol. The van der Waals surface area contributed by atoms with Crippen LogP contribution < -0.4 is 0 Å². The Hall–Kier alpha value is -1.60. The maximum atomic E-state index is 11.5. The number of alkyl halides is 1. The minimum absolute atomic E-state index is 0.0105. The molecule has 0 unspecified atom stereocenters. The van der Waals surface area contributed by atoms with Crippen molar-refractivity contribution in [1.29, 1.82) is 5.26 Å². The Kier molecular flexibility index (Phi) is 2.57.